The van der Waals surface area contributed by atoms with Crippen LogP contribution in [-0.2, 0) is 14.3 Å². The third-order valence-corrected chi connectivity index (χ3v) is 4.50. The van der Waals surface area contributed by atoms with Gasteiger partial charge in [0.2, 0.25) is 0 Å². The minimum Gasteiger partial charge on any atom is -0.469 e. The maximum absolute atomic E-state index is 12.3. The molecule has 0 N–H and O–H groups in total. The molecule has 0 aromatic rings. The summed E-state index contributed by atoms with van der Waals surface area (Å²) in [6.07, 6.45) is 3.58. The molecule has 1 saturated carbocycles. The number of halogens is 1. The van der Waals surface area contributed by atoms with Gasteiger partial charge < -0.3 is 4.74 Å². The molecule has 1 atom stereocenters. The Morgan fingerprint density at radius 3 is 2.62 bits per heavy atom. The quantitative estimate of drug-likeness (QED) is 0.593. The number of carbonyl (C=O) groups excluding carboxylic acids is 2. The Bertz CT molecular complexity index is 299. The van der Waals surface area contributed by atoms with Crippen molar-refractivity contribution < 1.29 is 14.3 Å². The first-order chi connectivity index (χ1) is 7.32. The maximum atomic E-state index is 12.3. The summed E-state index contributed by atoms with van der Waals surface area (Å²) in [4.78, 5) is 23.4. The zero-order valence-corrected chi connectivity index (χ0v) is 11.7. The van der Waals surface area contributed by atoms with E-state index in [2.05, 4.69) is 20.7 Å². The predicted octanol–water partition coefficient (Wildman–Crippen LogP) is 2.85. The number of rotatable bonds is 3. The molecule has 1 aliphatic rings. The summed E-state index contributed by atoms with van der Waals surface area (Å²) in [6, 6.07) is 0. The highest BCUT2D eigenvalue weighted by Gasteiger charge is 2.46. The van der Waals surface area contributed by atoms with Crippen molar-refractivity contribution in [1.29, 1.82) is 0 Å². The van der Waals surface area contributed by atoms with Gasteiger partial charge in [-0.1, -0.05) is 36.2 Å². The Hall–Kier alpha value is -0.380. The fourth-order valence-electron chi connectivity index (χ4n) is 2.28. The molecule has 4 heteroatoms. The van der Waals surface area contributed by atoms with Crippen LogP contribution in [0.1, 0.15) is 46.0 Å². The number of esters is 1. The second-order valence-corrected chi connectivity index (χ2v) is 6.63. The molecule has 3 nitrogen and oxygen atoms in total. The summed E-state index contributed by atoms with van der Waals surface area (Å²) >= 11 is 3.54. The van der Waals surface area contributed by atoms with Crippen LogP contribution in [0.25, 0.3) is 0 Å². The number of carbonyl (C=O) groups is 2. The first kappa shape index (κ1) is 13.7. The predicted molar refractivity (Wildman–Crippen MR) is 65.5 cm³/mol. The standard InChI is InChI=1S/C12H19BrO3/c1-11(2)6-4-7-12(13,10(11)15)8-5-9(14)16-3/h4-8H2,1-3H3. The lowest BCUT2D eigenvalue weighted by molar-refractivity contribution is -0.141. The van der Waals surface area contributed by atoms with Crippen LogP contribution in [0.3, 0.4) is 0 Å². The van der Waals surface area contributed by atoms with Crippen LogP contribution in [0.15, 0.2) is 0 Å². The number of ether oxygens (including phenoxy) is 1. The van der Waals surface area contributed by atoms with Gasteiger partial charge in [0.15, 0.2) is 5.78 Å². The highest BCUT2D eigenvalue weighted by atomic mass is 79.9. The lowest BCUT2D eigenvalue weighted by atomic mass is 9.69. The van der Waals surface area contributed by atoms with Gasteiger partial charge in [-0.05, 0) is 19.3 Å². The molecular weight excluding hydrogens is 272 g/mol. The molecule has 0 radical (unpaired) electrons. The average molecular weight is 291 g/mol. The number of hydrogen-bond donors (Lipinski definition) is 0. The van der Waals surface area contributed by atoms with Crippen molar-refractivity contribution in [3.8, 4) is 0 Å². The van der Waals surface area contributed by atoms with E-state index in [0.29, 0.717) is 12.8 Å². The van der Waals surface area contributed by atoms with E-state index in [4.69, 9.17) is 0 Å². The van der Waals surface area contributed by atoms with Crippen LogP contribution in [0.2, 0.25) is 0 Å². The SMILES string of the molecule is COC(=O)CCC1(Br)CCCC(C)(C)C1=O. The van der Waals surface area contributed by atoms with Crippen LogP contribution in [-0.4, -0.2) is 23.2 Å². The average Bonchev–Trinajstić information content (AvgIpc) is 2.23. The third-order valence-electron chi connectivity index (χ3n) is 3.35. The largest absolute Gasteiger partial charge is 0.469 e. The zero-order chi connectivity index (χ0) is 12.4. The molecule has 0 heterocycles. The molecule has 0 saturated heterocycles. The van der Waals surface area contributed by atoms with Crippen LogP contribution >= 0.6 is 15.9 Å². The van der Waals surface area contributed by atoms with Gasteiger partial charge in [-0.3, -0.25) is 9.59 Å². The van der Waals surface area contributed by atoms with Crippen molar-refractivity contribution in [1.82, 2.24) is 0 Å². The molecular formula is C12H19BrO3. The van der Waals surface area contributed by atoms with E-state index in [1.165, 1.54) is 7.11 Å². The maximum Gasteiger partial charge on any atom is 0.305 e. The van der Waals surface area contributed by atoms with Crippen molar-refractivity contribution in [2.75, 3.05) is 7.11 Å². The first-order valence-electron chi connectivity index (χ1n) is 5.62. The molecule has 16 heavy (non-hydrogen) atoms. The molecule has 1 unspecified atom stereocenters. The van der Waals surface area contributed by atoms with Crippen LogP contribution in [0.4, 0.5) is 0 Å². The van der Waals surface area contributed by atoms with E-state index in [9.17, 15) is 9.59 Å². The summed E-state index contributed by atoms with van der Waals surface area (Å²) in [6.45, 7) is 3.95. The van der Waals surface area contributed by atoms with Crippen LogP contribution in [0, 0.1) is 5.41 Å². The fraction of sp³-hybridized carbons (Fsp3) is 0.833. The lowest BCUT2D eigenvalue weighted by Gasteiger charge is -2.39. The molecule has 0 aromatic carbocycles. The first-order valence-corrected chi connectivity index (χ1v) is 6.42. The van der Waals surface area contributed by atoms with Crippen molar-refractivity contribution in [2.24, 2.45) is 5.41 Å². The number of methoxy groups -OCH3 is 1. The summed E-state index contributed by atoms with van der Waals surface area (Å²) in [7, 11) is 1.37. The molecule has 92 valence electrons. The monoisotopic (exact) mass is 290 g/mol. The summed E-state index contributed by atoms with van der Waals surface area (Å²) in [5, 5.41) is 0. The molecule has 1 fully saturated rings. The topological polar surface area (TPSA) is 43.4 Å². The molecule has 0 amide bonds. The second-order valence-electron chi connectivity index (χ2n) is 5.11. The van der Waals surface area contributed by atoms with Gasteiger partial charge >= 0.3 is 5.97 Å². The zero-order valence-electron chi connectivity index (χ0n) is 10.1. The van der Waals surface area contributed by atoms with E-state index in [1.54, 1.807) is 0 Å². The lowest BCUT2D eigenvalue weighted by Crippen LogP contribution is -2.45. The molecule has 0 aliphatic heterocycles. The van der Waals surface area contributed by atoms with Crippen molar-refractivity contribution in [2.45, 2.75) is 50.3 Å². The summed E-state index contributed by atoms with van der Waals surface area (Å²) < 4.78 is 4.08. The van der Waals surface area contributed by atoms with Gasteiger partial charge in [-0.2, -0.15) is 0 Å². The Morgan fingerprint density at radius 2 is 2.06 bits per heavy atom. The Morgan fingerprint density at radius 1 is 1.44 bits per heavy atom. The van der Waals surface area contributed by atoms with E-state index in [0.717, 1.165) is 19.3 Å². The Balaban J connectivity index is 2.68. The minimum absolute atomic E-state index is 0.218. The third kappa shape index (κ3) is 2.84. The van der Waals surface area contributed by atoms with Crippen molar-refractivity contribution in [3.63, 3.8) is 0 Å². The highest BCUT2D eigenvalue weighted by Crippen LogP contribution is 2.44. The molecule has 1 rings (SSSR count). The molecule has 0 spiro atoms. The highest BCUT2D eigenvalue weighted by molar-refractivity contribution is 9.10. The normalized spacial score (nSPS) is 28.9. The smallest absolute Gasteiger partial charge is 0.305 e. The molecule has 1 aliphatic carbocycles. The number of ketones is 1. The number of alkyl halides is 1. The molecule has 0 bridgehead atoms. The fourth-order valence-corrected chi connectivity index (χ4v) is 3.30. The van der Waals surface area contributed by atoms with Gasteiger partial charge in [-0.15, -0.1) is 0 Å². The number of Topliss-reactive ketones (excluding diaryl/α,β-unsaturated/α-hetero) is 1. The van der Waals surface area contributed by atoms with Gasteiger partial charge in [-0.25, -0.2) is 0 Å². The second kappa shape index (κ2) is 4.86. The van der Waals surface area contributed by atoms with Crippen molar-refractivity contribution >= 4 is 27.7 Å². The van der Waals surface area contributed by atoms with Gasteiger partial charge in [0.05, 0.1) is 11.4 Å². The van der Waals surface area contributed by atoms with Gasteiger partial charge in [0.25, 0.3) is 0 Å². The van der Waals surface area contributed by atoms with Crippen LogP contribution < -0.4 is 0 Å². The van der Waals surface area contributed by atoms with Crippen molar-refractivity contribution in [3.05, 3.63) is 0 Å². The number of hydrogen-bond acceptors (Lipinski definition) is 3. The molecule has 0 aromatic heterocycles. The summed E-state index contributed by atoms with van der Waals surface area (Å²) in [5.41, 5.74) is -0.280. The summed E-state index contributed by atoms with van der Waals surface area (Å²) in [5.74, 6) is -0.0369. The van der Waals surface area contributed by atoms with E-state index < -0.39 is 4.32 Å². The van der Waals surface area contributed by atoms with E-state index in [1.807, 2.05) is 13.8 Å². The Kier molecular flexibility index (Phi) is 4.16. The Labute approximate surface area is 105 Å². The van der Waals surface area contributed by atoms with Gasteiger partial charge in [0, 0.05) is 11.8 Å². The van der Waals surface area contributed by atoms with E-state index >= 15 is 0 Å². The van der Waals surface area contributed by atoms with Gasteiger partial charge in [0.1, 0.15) is 0 Å². The van der Waals surface area contributed by atoms with Crippen LogP contribution in [0.5, 0.6) is 0 Å². The van der Waals surface area contributed by atoms with E-state index in [-0.39, 0.29) is 17.2 Å². The minimum atomic E-state index is -0.525.